The highest BCUT2D eigenvalue weighted by molar-refractivity contribution is 5.71. The van der Waals surface area contributed by atoms with E-state index in [2.05, 4.69) is 45.1 Å². The van der Waals surface area contributed by atoms with E-state index in [4.69, 9.17) is 14.2 Å². The van der Waals surface area contributed by atoms with Gasteiger partial charge in [0.25, 0.3) is 0 Å². The van der Waals surface area contributed by atoms with Crippen molar-refractivity contribution in [2.75, 3.05) is 13.2 Å². The second kappa shape index (κ2) is 70.4. The quantitative estimate of drug-likeness (QED) is 0.0261. The molecule has 0 amide bonds. The molecule has 478 valence electrons. The number of esters is 3. The van der Waals surface area contributed by atoms with Crippen molar-refractivity contribution in [1.29, 1.82) is 0 Å². The minimum absolute atomic E-state index is 0.0626. The van der Waals surface area contributed by atoms with Gasteiger partial charge in [-0.2, -0.15) is 0 Å². The first-order valence-electron chi connectivity index (χ1n) is 36.8. The molecule has 0 aliphatic rings. The Hall–Kier alpha value is -2.11. The molecule has 0 radical (unpaired) electrons. The molecule has 0 aliphatic carbocycles. The number of carbonyl (C=O) groups is 3. The molecule has 0 bridgehead atoms. The molecule has 0 aliphatic heterocycles. The van der Waals surface area contributed by atoms with E-state index in [1.165, 1.54) is 315 Å². The first kappa shape index (κ1) is 78.9. The summed E-state index contributed by atoms with van der Waals surface area (Å²) >= 11 is 0. The van der Waals surface area contributed by atoms with Crippen molar-refractivity contribution < 1.29 is 28.6 Å². The average molecular weight is 1140 g/mol. The van der Waals surface area contributed by atoms with Crippen LogP contribution in [-0.2, 0) is 28.6 Å². The molecular weight excluding hydrogens is 997 g/mol. The van der Waals surface area contributed by atoms with Gasteiger partial charge in [-0.05, 0) is 51.4 Å². The largest absolute Gasteiger partial charge is 0.462 e. The van der Waals surface area contributed by atoms with Crippen molar-refractivity contribution in [2.45, 2.75) is 425 Å². The van der Waals surface area contributed by atoms with Crippen LogP contribution in [0, 0.1) is 0 Å². The molecule has 0 heterocycles. The molecule has 0 saturated carbocycles. The summed E-state index contributed by atoms with van der Waals surface area (Å²) in [7, 11) is 0. The van der Waals surface area contributed by atoms with Gasteiger partial charge in [-0.25, -0.2) is 0 Å². The minimum Gasteiger partial charge on any atom is -0.462 e. The van der Waals surface area contributed by atoms with Crippen molar-refractivity contribution in [3.8, 4) is 0 Å². The van der Waals surface area contributed by atoms with Crippen LogP contribution in [0.5, 0.6) is 0 Å². The molecule has 0 aromatic heterocycles. The van der Waals surface area contributed by atoms with Crippen LogP contribution in [0.25, 0.3) is 0 Å². The summed E-state index contributed by atoms with van der Waals surface area (Å²) in [6, 6.07) is 0. The van der Waals surface area contributed by atoms with E-state index in [1.54, 1.807) is 0 Å². The van der Waals surface area contributed by atoms with E-state index in [9.17, 15) is 14.4 Å². The summed E-state index contributed by atoms with van der Waals surface area (Å²) in [4.78, 5) is 38.4. The van der Waals surface area contributed by atoms with Crippen LogP contribution in [-0.4, -0.2) is 37.2 Å². The standard InChI is InChI=1S/C75H142O6/c1-4-7-10-13-16-19-22-25-28-30-31-32-33-34-35-36-37-38-39-40-41-42-43-45-47-50-53-56-59-62-65-68-74(77)80-71-72(70-79-73(76)67-64-61-58-55-52-49-46-27-24-21-18-15-12-9-6-3)81-75(78)69-66-63-60-57-54-51-48-44-29-26-23-20-17-14-11-8-5-2/h22,25,30-31,72H,4-21,23-24,26-29,32-71H2,1-3H3/b25-22-,31-30-. The average Bonchev–Trinajstić information content (AvgIpc) is 3.47. The van der Waals surface area contributed by atoms with Crippen molar-refractivity contribution in [2.24, 2.45) is 0 Å². The summed E-state index contributed by atoms with van der Waals surface area (Å²) in [6.45, 7) is 6.72. The van der Waals surface area contributed by atoms with Crippen molar-refractivity contribution in [1.82, 2.24) is 0 Å². The number of allylic oxidation sites excluding steroid dienone is 4. The zero-order valence-electron chi connectivity index (χ0n) is 55.1. The lowest BCUT2D eigenvalue weighted by Gasteiger charge is -2.18. The molecule has 0 rings (SSSR count). The molecule has 6 heteroatoms. The Morgan fingerprint density at radius 1 is 0.247 bits per heavy atom. The highest BCUT2D eigenvalue weighted by atomic mass is 16.6. The normalized spacial score (nSPS) is 12.1. The lowest BCUT2D eigenvalue weighted by atomic mass is 10.0. The van der Waals surface area contributed by atoms with Gasteiger partial charge in [0, 0.05) is 19.3 Å². The van der Waals surface area contributed by atoms with E-state index in [0.29, 0.717) is 19.3 Å². The highest BCUT2D eigenvalue weighted by Crippen LogP contribution is 2.19. The van der Waals surface area contributed by atoms with Crippen LogP contribution in [0.15, 0.2) is 24.3 Å². The molecule has 0 saturated heterocycles. The second-order valence-corrected chi connectivity index (χ2v) is 25.2. The third-order valence-electron chi connectivity index (χ3n) is 17.0. The predicted octanol–water partition coefficient (Wildman–Crippen LogP) is 25.3. The molecule has 6 nitrogen and oxygen atoms in total. The van der Waals surface area contributed by atoms with E-state index < -0.39 is 6.10 Å². The number of hydrogen-bond donors (Lipinski definition) is 0. The summed E-state index contributed by atoms with van der Waals surface area (Å²) in [5.41, 5.74) is 0. The fourth-order valence-corrected chi connectivity index (χ4v) is 11.4. The Morgan fingerprint density at radius 3 is 0.679 bits per heavy atom. The topological polar surface area (TPSA) is 78.9 Å². The van der Waals surface area contributed by atoms with Gasteiger partial charge in [0.1, 0.15) is 13.2 Å². The highest BCUT2D eigenvalue weighted by Gasteiger charge is 2.20. The smallest absolute Gasteiger partial charge is 0.306 e. The fourth-order valence-electron chi connectivity index (χ4n) is 11.4. The summed E-state index contributed by atoms with van der Waals surface area (Å²) in [6.07, 6.45) is 86.5. The van der Waals surface area contributed by atoms with Crippen LogP contribution in [0.4, 0.5) is 0 Å². The van der Waals surface area contributed by atoms with Crippen LogP contribution < -0.4 is 0 Å². The molecule has 1 unspecified atom stereocenters. The van der Waals surface area contributed by atoms with Gasteiger partial charge in [-0.3, -0.25) is 14.4 Å². The maximum absolute atomic E-state index is 12.9. The SMILES string of the molecule is CCCCCCC/C=C\C/C=C\CCCCCCCCCCCCCCCCCCCCCC(=O)OCC(COC(=O)CCCCCCCCCCCCCCCCC)OC(=O)CCCCCCCCCCCCCCCCCCC. The lowest BCUT2D eigenvalue weighted by Crippen LogP contribution is -2.30. The molecule has 0 spiro atoms. The van der Waals surface area contributed by atoms with Gasteiger partial charge in [-0.15, -0.1) is 0 Å². The van der Waals surface area contributed by atoms with Gasteiger partial charge >= 0.3 is 17.9 Å². The van der Waals surface area contributed by atoms with Crippen LogP contribution in [0.3, 0.4) is 0 Å². The number of carbonyl (C=O) groups excluding carboxylic acids is 3. The zero-order chi connectivity index (χ0) is 58.5. The number of rotatable bonds is 69. The monoisotopic (exact) mass is 1140 g/mol. The Kier molecular flexibility index (Phi) is 68.5. The van der Waals surface area contributed by atoms with E-state index in [1.807, 2.05) is 0 Å². The van der Waals surface area contributed by atoms with Gasteiger partial charge in [0.15, 0.2) is 6.10 Å². The van der Waals surface area contributed by atoms with Gasteiger partial charge < -0.3 is 14.2 Å². The second-order valence-electron chi connectivity index (χ2n) is 25.2. The van der Waals surface area contributed by atoms with E-state index in [-0.39, 0.29) is 31.1 Å². The van der Waals surface area contributed by atoms with Gasteiger partial charge in [0.05, 0.1) is 0 Å². The predicted molar refractivity (Wildman–Crippen MR) is 353 cm³/mol. The first-order valence-corrected chi connectivity index (χ1v) is 36.8. The van der Waals surface area contributed by atoms with Crippen molar-refractivity contribution in [3.05, 3.63) is 24.3 Å². The Morgan fingerprint density at radius 2 is 0.444 bits per heavy atom. The van der Waals surface area contributed by atoms with E-state index >= 15 is 0 Å². The lowest BCUT2D eigenvalue weighted by molar-refractivity contribution is -0.167. The Bertz CT molecular complexity index is 1310. The number of hydrogen-bond acceptors (Lipinski definition) is 6. The third kappa shape index (κ3) is 68.6. The van der Waals surface area contributed by atoms with E-state index in [0.717, 1.165) is 64.2 Å². The van der Waals surface area contributed by atoms with Crippen LogP contribution >= 0.6 is 0 Å². The van der Waals surface area contributed by atoms with Crippen molar-refractivity contribution in [3.63, 3.8) is 0 Å². The number of ether oxygens (including phenoxy) is 3. The molecule has 0 fully saturated rings. The Labute approximate surface area is 506 Å². The third-order valence-corrected chi connectivity index (χ3v) is 17.0. The van der Waals surface area contributed by atoms with Gasteiger partial charge in [0.2, 0.25) is 0 Å². The summed E-state index contributed by atoms with van der Waals surface area (Å²) < 4.78 is 17.0. The first-order chi connectivity index (χ1) is 40.0. The molecule has 0 aromatic carbocycles. The maximum atomic E-state index is 12.9. The van der Waals surface area contributed by atoms with Gasteiger partial charge in [-0.1, -0.05) is 373 Å². The maximum Gasteiger partial charge on any atom is 0.306 e. The molecule has 0 N–H and O–H groups in total. The number of unbranched alkanes of at least 4 members (excludes halogenated alkanes) is 54. The molecular formula is C75H142O6. The summed E-state index contributed by atoms with van der Waals surface area (Å²) in [5, 5.41) is 0. The molecule has 0 aromatic rings. The molecule has 1 atom stereocenters. The fraction of sp³-hybridized carbons (Fsp3) is 0.907. The zero-order valence-corrected chi connectivity index (χ0v) is 55.1. The minimum atomic E-state index is -0.766. The Balaban J connectivity index is 4.15. The van der Waals surface area contributed by atoms with Crippen LogP contribution in [0.1, 0.15) is 419 Å². The molecule has 81 heavy (non-hydrogen) atoms. The van der Waals surface area contributed by atoms with Crippen molar-refractivity contribution >= 4 is 17.9 Å². The van der Waals surface area contributed by atoms with Crippen LogP contribution in [0.2, 0.25) is 0 Å². The summed E-state index contributed by atoms with van der Waals surface area (Å²) in [5.74, 6) is -0.825.